The third-order valence-corrected chi connectivity index (χ3v) is 4.52. The number of aryl methyl sites for hydroxylation is 1. The molecule has 0 unspecified atom stereocenters. The third kappa shape index (κ3) is 5.03. The Balaban J connectivity index is 1.69. The lowest BCUT2D eigenvalue weighted by Gasteiger charge is -2.06. The zero-order chi connectivity index (χ0) is 21.7. The molecule has 30 heavy (non-hydrogen) atoms. The molecule has 0 spiro atoms. The predicted molar refractivity (Wildman–Crippen MR) is 115 cm³/mol. The minimum Gasteiger partial charge on any atom is -0.341 e. The van der Waals surface area contributed by atoms with Gasteiger partial charge in [-0.25, -0.2) is 13.9 Å². The molecule has 154 valence electrons. The van der Waals surface area contributed by atoms with Crippen molar-refractivity contribution in [1.29, 1.82) is 0 Å². The fraction of sp³-hybridized carbons (Fsp3) is 0.0952. The van der Waals surface area contributed by atoms with Gasteiger partial charge in [-0.1, -0.05) is 11.6 Å². The number of hydrogen-bond donors (Lipinski definition) is 3. The number of rotatable bonds is 5. The Kier molecular flexibility index (Phi) is 6.48. The number of urea groups is 1. The van der Waals surface area contributed by atoms with E-state index in [1.54, 1.807) is 49.4 Å². The highest BCUT2D eigenvalue weighted by Crippen LogP contribution is 2.25. The van der Waals surface area contributed by atoms with Crippen molar-refractivity contribution in [3.05, 3.63) is 76.8 Å². The van der Waals surface area contributed by atoms with Crippen LogP contribution in [0.15, 0.2) is 54.6 Å². The van der Waals surface area contributed by atoms with Gasteiger partial charge in [0.05, 0.1) is 11.4 Å². The number of carbonyl (C=O) groups excluding carboxylic acids is 2. The zero-order valence-electron chi connectivity index (χ0n) is 16.2. The van der Waals surface area contributed by atoms with Gasteiger partial charge in [-0.15, -0.1) is 0 Å². The van der Waals surface area contributed by atoms with Gasteiger partial charge in [0.25, 0.3) is 0 Å². The first-order chi connectivity index (χ1) is 14.4. The first kappa shape index (κ1) is 21.1. The van der Waals surface area contributed by atoms with Crippen LogP contribution in [0.5, 0.6) is 0 Å². The molecule has 2 aromatic carbocycles. The van der Waals surface area contributed by atoms with E-state index in [1.807, 2.05) is 0 Å². The van der Waals surface area contributed by atoms with Crippen molar-refractivity contribution in [3.63, 3.8) is 0 Å². The van der Waals surface area contributed by atoms with Crippen LogP contribution in [0, 0.1) is 12.7 Å². The second kappa shape index (κ2) is 9.23. The number of anilines is 2. The SMILES string of the molecule is CNC(=O)Nc1ccc(NC(=O)/C=C/c2c(C)nn(-c3ccc(F)cc3)c2Cl)cc1. The summed E-state index contributed by atoms with van der Waals surface area (Å²) in [4.78, 5) is 23.5. The number of amides is 3. The van der Waals surface area contributed by atoms with E-state index < -0.39 is 0 Å². The summed E-state index contributed by atoms with van der Waals surface area (Å²) in [6, 6.07) is 12.1. The first-order valence-corrected chi connectivity index (χ1v) is 9.34. The van der Waals surface area contributed by atoms with Crippen LogP contribution in [-0.4, -0.2) is 28.8 Å². The van der Waals surface area contributed by atoms with Crippen LogP contribution in [0.3, 0.4) is 0 Å². The summed E-state index contributed by atoms with van der Waals surface area (Å²) in [6.45, 7) is 1.77. The van der Waals surface area contributed by atoms with Gasteiger partial charge in [-0.3, -0.25) is 4.79 Å². The molecular weight excluding hydrogens is 409 g/mol. The summed E-state index contributed by atoms with van der Waals surface area (Å²) in [5.74, 6) is -0.708. The summed E-state index contributed by atoms with van der Waals surface area (Å²) in [6.07, 6.45) is 2.92. The van der Waals surface area contributed by atoms with Gasteiger partial charge in [0, 0.05) is 30.1 Å². The molecule has 0 aliphatic heterocycles. The van der Waals surface area contributed by atoms with Crippen molar-refractivity contribution in [2.75, 3.05) is 17.7 Å². The maximum Gasteiger partial charge on any atom is 0.318 e. The highest BCUT2D eigenvalue weighted by atomic mass is 35.5. The van der Waals surface area contributed by atoms with E-state index in [-0.39, 0.29) is 17.8 Å². The molecule has 3 amide bonds. The van der Waals surface area contributed by atoms with Crippen LogP contribution in [0.2, 0.25) is 5.15 Å². The van der Waals surface area contributed by atoms with Gasteiger partial charge in [0.15, 0.2) is 0 Å². The minimum absolute atomic E-state index is 0.313. The highest BCUT2D eigenvalue weighted by molar-refractivity contribution is 6.31. The van der Waals surface area contributed by atoms with E-state index in [1.165, 1.54) is 29.9 Å². The average molecular weight is 428 g/mol. The number of hydrogen-bond acceptors (Lipinski definition) is 3. The van der Waals surface area contributed by atoms with Crippen LogP contribution in [0.4, 0.5) is 20.6 Å². The first-order valence-electron chi connectivity index (χ1n) is 8.96. The molecule has 0 saturated heterocycles. The number of nitrogens with zero attached hydrogens (tertiary/aromatic N) is 2. The van der Waals surface area contributed by atoms with E-state index in [9.17, 15) is 14.0 Å². The lowest BCUT2D eigenvalue weighted by atomic mass is 10.2. The van der Waals surface area contributed by atoms with Crippen molar-refractivity contribution in [3.8, 4) is 5.69 Å². The van der Waals surface area contributed by atoms with Crippen molar-refractivity contribution < 1.29 is 14.0 Å². The number of halogens is 2. The van der Waals surface area contributed by atoms with Crippen molar-refractivity contribution in [2.24, 2.45) is 0 Å². The van der Waals surface area contributed by atoms with Crippen molar-refractivity contribution in [1.82, 2.24) is 15.1 Å². The minimum atomic E-state index is -0.355. The van der Waals surface area contributed by atoms with Gasteiger partial charge in [0.1, 0.15) is 11.0 Å². The van der Waals surface area contributed by atoms with Gasteiger partial charge < -0.3 is 16.0 Å². The summed E-state index contributed by atoms with van der Waals surface area (Å²) in [5.41, 5.74) is 2.98. The second-order valence-corrected chi connectivity index (χ2v) is 6.64. The monoisotopic (exact) mass is 427 g/mol. The zero-order valence-corrected chi connectivity index (χ0v) is 17.0. The average Bonchev–Trinajstić information content (AvgIpc) is 3.02. The third-order valence-electron chi connectivity index (χ3n) is 4.16. The van der Waals surface area contributed by atoms with E-state index in [2.05, 4.69) is 21.0 Å². The number of nitrogens with one attached hydrogen (secondary N) is 3. The Morgan fingerprint density at radius 2 is 1.63 bits per heavy atom. The summed E-state index contributed by atoms with van der Waals surface area (Å²) >= 11 is 6.40. The number of carbonyl (C=O) groups is 2. The van der Waals surface area contributed by atoms with Gasteiger partial charge in [-0.05, 0) is 61.5 Å². The molecule has 0 radical (unpaired) electrons. The van der Waals surface area contributed by atoms with E-state index in [0.717, 1.165) is 0 Å². The molecule has 3 aromatic rings. The summed E-state index contributed by atoms with van der Waals surface area (Å²) in [5, 5.41) is 12.5. The topological polar surface area (TPSA) is 88.1 Å². The summed E-state index contributed by atoms with van der Waals surface area (Å²) in [7, 11) is 1.52. The molecule has 7 nitrogen and oxygen atoms in total. The molecule has 0 saturated carbocycles. The Hall–Kier alpha value is -3.65. The molecule has 0 atom stereocenters. The Labute approximate surface area is 177 Å². The summed E-state index contributed by atoms with van der Waals surface area (Å²) < 4.78 is 14.6. The van der Waals surface area contributed by atoms with Crippen molar-refractivity contribution in [2.45, 2.75) is 6.92 Å². The highest BCUT2D eigenvalue weighted by Gasteiger charge is 2.13. The van der Waals surface area contributed by atoms with Gasteiger partial charge in [-0.2, -0.15) is 5.10 Å². The van der Waals surface area contributed by atoms with Crippen LogP contribution >= 0.6 is 11.6 Å². The Morgan fingerprint density at radius 1 is 1.03 bits per heavy atom. The number of benzene rings is 2. The fourth-order valence-electron chi connectivity index (χ4n) is 2.63. The van der Waals surface area contributed by atoms with Gasteiger partial charge in [0.2, 0.25) is 5.91 Å². The number of aromatic nitrogens is 2. The molecular formula is C21H19ClFN5O2. The second-order valence-electron chi connectivity index (χ2n) is 6.28. The molecule has 3 N–H and O–H groups in total. The van der Waals surface area contributed by atoms with Crippen molar-refractivity contribution >= 4 is 41.0 Å². The maximum absolute atomic E-state index is 13.1. The molecule has 0 aliphatic carbocycles. The molecule has 1 aromatic heterocycles. The smallest absolute Gasteiger partial charge is 0.318 e. The molecule has 9 heteroatoms. The standard InChI is InChI=1S/C21H19ClFN5O2/c1-13-18(20(22)28(27-13)17-9-3-14(23)4-10-17)11-12-19(29)25-15-5-7-16(8-6-15)26-21(30)24-2/h3-12H,1-2H3,(H,25,29)(H2,24,26,30)/b12-11+. The predicted octanol–water partition coefficient (Wildman–Crippen LogP) is 4.38. The molecule has 0 bridgehead atoms. The quantitative estimate of drug-likeness (QED) is 0.528. The Morgan fingerprint density at radius 3 is 2.23 bits per heavy atom. The lowest BCUT2D eigenvalue weighted by Crippen LogP contribution is -2.24. The Bertz CT molecular complexity index is 1090. The van der Waals surface area contributed by atoms with Crippen LogP contribution in [-0.2, 0) is 4.79 Å². The van der Waals surface area contributed by atoms with Crippen LogP contribution in [0.25, 0.3) is 11.8 Å². The molecule has 0 fully saturated rings. The molecule has 1 heterocycles. The van der Waals surface area contributed by atoms with E-state index >= 15 is 0 Å². The van der Waals surface area contributed by atoms with E-state index in [4.69, 9.17) is 11.6 Å². The maximum atomic E-state index is 13.1. The molecule has 0 aliphatic rings. The molecule has 3 rings (SSSR count). The van der Waals surface area contributed by atoms with Crippen LogP contribution < -0.4 is 16.0 Å². The van der Waals surface area contributed by atoms with Crippen LogP contribution in [0.1, 0.15) is 11.3 Å². The van der Waals surface area contributed by atoms with Gasteiger partial charge >= 0.3 is 6.03 Å². The largest absolute Gasteiger partial charge is 0.341 e. The normalized spacial score (nSPS) is 10.8. The fourth-order valence-corrected chi connectivity index (χ4v) is 2.96. The lowest BCUT2D eigenvalue weighted by molar-refractivity contribution is -0.111. The van der Waals surface area contributed by atoms with E-state index in [0.29, 0.717) is 33.5 Å².